The fraction of sp³-hybridized carbons (Fsp3) is 1.00. The lowest BCUT2D eigenvalue weighted by molar-refractivity contribution is 0.200. The molecule has 0 radical (unpaired) electrons. The maximum Gasteiger partial charge on any atom is 0.0180 e. The molecule has 96 valence electrons. The molecule has 1 nitrogen and oxygen atoms in total. The molecule has 3 atom stereocenters. The van der Waals surface area contributed by atoms with E-state index in [9.17, 15) is 0 Å². The van der Waals surface area contributed by atoms with Gasteiger partial charge in [0, 0.05) is 5.54 Å². The highest BCUT2D eigenvalue weighted by molar-refractivity contribution is 4.93. The summed E-state index contributed by atoms with van der Waals surface area (Å²) in [7, 11) is 0. The minimum absolute atomic E-state index is 0.120. The van der Waals surface area contributed by atoms with Gasteiger partial charge in [-0.2, -0.15) is 0 Å². The first kappa shape index (κ1) is 14.0. The van der Waals surface area contributed by atoms with E-state index < -0.39 is 0 Å². The molecule has 0 aromatic heterocycles. The largest absolute Gasteiger partial charge is 0.325 e. The number of hydrogen-bond donors (Lipinski definition) is 1. The molecule has 1 aliphatic rings. The highest BCUT2D eigenvalue weighted by Crippen LogP contribution is 2.41. The molecule has 1 fully saturated rings. The van der Waals surface area contributed by atoms with E-state index in [0.29, 0.717) is 11.3 Å². The van der Waals surface area contributed by atoms with Crippen LogP contribution in [-0.4, -0.2) is 5.54 Å². The van der Waals surface area contributed by atoms with Gasteiger partial charge in [-0.15, -0.1) is 0 Å². The smallest absolute Gasteiger partial charge is 0.0180 e. The summed E-state index contributed by atoms with van der Waals surface area (Å²) in [6.45, 7) is 11.7. The summed E-state index contributed by atoms with van der Waals surface area (Å²) >= 11 is 0. The Morgan fingerprint density at radius 3 is 2.38 bits per heavy atom. The summed E-state index contributed by atoms with van der Waals surface area (Å²) in [5, 5.41) is 0. The van der Waals surface area contributed by atoms with Gasteiger partial charge in [0.25, 0.3) is 0 Å². The van der Waals surface area contributed by atoms with Crippen molar-refractivity contribution >= 4 is 0 Å². The van der Waals surface area contributed by atoms with Crippen LogP contribution < -0.4 is 5.73 Å². The first-order valence-corrected chi connectivity index (χ1v) is 7.08. The van der Waals surface area contributed by atoms with Gasteiger partial charge in [-0.05, 0) is 42.9 Å². The summed E-state index contributed by atoms with van der Waals surface area (Å²) in [4.78, 5) is 0. The third kappa shape index (κ3) is 3.23. The van der Waals surface area contributed by atoms with Crippen molar-refractivity contribution in [2.45, 2.75) is 78.7 Å². The molecule has 1 rings (SSSR count). The van der Waals surface area contributed by atoms with Gasteiger partial charge in [-0.25, -0.2) is 0 Å². The Morgan fingerprint density at radius 2 is 1.88 bits per heavy atom. The fourth-order valence-electron chi connectivity index (χ4n) is 3.16. The normalized spacial score (nSPS) is 34.5. The predicted molar refractivity (Wildman–Crippen MR) is 72.4 cm³/mol. The van der Waals surface area contributed by atoms with E-state index in [1.54, 1.807) is 0 Å². The summed E-state index contributed by atoms with van der Waals surface area (Å²) in [6.07, 6.45) is 7.70. The molecule has 0 saturated heterocycles. The van der Waals surface area contributed by atoms with Crippen molar-refractivity contribution in [3.8, 4) is 0 Å². The molecule has 16 heavy (non-hydrogen) atoms. The number of rotatable bonds is 2. The quantitative estimate of drug-likeness (QED) is 0.694. The van der Waals surface area contributed by atoms with E-state index in [0.717, 1.165) is 5.92 Å². The van der Waals surface area contributed by atoms with Gasteiger partial charge in [-0.3, -0.25) is 0 Å². The van der Waals surface area contributed by atoms with Crippen LogP contribution in [0.25, 0.3) is 0 Å². The zero-order valence-corrected chi connectivity index (χ0v) is 12.0. The minimum atomic E-state index is 0.120. The van der Waals surface area contributed by atoms with Gasteiger partial charge < -0.3 is 5.73 Å². The first-order valence-electron chi connectivity index (χ1n) is 7.08. The summed E-state index contributed by atoms with van der Waals surface area (Å²) < 4.78 is 0. The molecule has 1 heteroatoms. The predicted octanol–water partition coefficient (Wildman–Crippen LogP) is 4.36. The van der Waals surface area contributed by atoms with E-state index in [1.807, 2.05) is 0 Å². The third-order valence-corrected chi connectivity index (χ3v) is 4.97. The SMILES string of the molecule is CCC(C)C1(N)CCCC(C(C)(C)C)CC1. The first-order chi connectivity index (χ1) is 7.29. The lowest BCUT2D eigenvalue weighted by atomic mass is 9.74. The van der Waals surface area contributed by atoms with E-state index in [4.69, 9.17) is 5.73 Å². The molecule has 1 saturated carbocycles. The van der Waals surface area contributed by atoms with Crippen LogP contribution in [0.15, 0.2) is 0 Å². The molecular weight excluding hydrogens is 194 g/mol. The van der Waals surface area contributed by atoms with Crippen molar-refractivity contribution < 1.29 is 0 Å². The fourth-order valence-corrected chi connectivity index (χ4v) is 3.16. The van der Waals surface area contributed by atoms with Crippen molar-refractivity contribution in [1.29, 1.82) is 0 Å². The average molecular weight is 225 g/mol. The Balaban J connectivity index is 2.65. The highest BCUT2D eigenvalue weighted by Gasteiger charge is 2.36. The van der Waals surface area contributed by atoms with Gasteiger partial charge >= 0.3 is 0 Å². The Morgan fingerprint density at radius 1 is 1.25 bits per heavy atom. The highest BCUT2D eigenvalue weighted by atomic mass is 14.8. The number of nitrogens with two attached hydrogens (primary N) is 1. The van der Waals surface area contributed by atoms with Crippen LogP contribution in [0.4, 0.5) is 0 Å². The molecule has 0 aliphatic heterocycles. The second-order valence-electron chi connectivity index (χ2n) is 7.04. The Kier molecular flexibility index (Phi) is 4.45. The van der Waals surface area contributed by atoms with Gasteiger partial charge in [0.15, 0.2) is 0 Å². The van der Waals surface area contributed by atoms with Crippen LogP contribution in [0.5, 0.6) is 0 Å². The van der Waals surface area contributed by atoms with Crippen LogP contribution in [0.2, 0.25) is 0 Å². The maximum absolute atomic E-state index is 6.62. The molecule has 0 heterocycles. The van der Waals surface area contributed by atoms with Crippen molar-refractivity contribution in [3.05, 3.63) is 0 Å². The van der Waals surface area contributed by atoms with E-state index in [-0.39, 0.29) is 5.54 Å². The van der Waals surface area contributed by atoms with Crippen LogP contribution in [0, 0.1) is 17.3 Å². The Bertz CT molecular complexity index is 216. The molecule has 0 aromatic rings. The van der Waals surface area contributed by atoms with Gasteiger partial charge in [0.05, 0.1) is 0 Å². The average Bonchev–Trinajstić information content (AvgIpc) is 2.39. The van der Waals surface area contributed by atoms with Crippen LogP contribution >= 0.6 is 0 Å². The monoisotopic (exact) mass is 225 g/mol. The van der Waals surface area contributed by atoms with E-state index in [1.165, 1.54) is 38.5 Å². The Labute approximate surface area is 102 Å². The topological polar surface area (TPSA) is 26.0 Å². The molecule has 3 unspecified atom stereocenters. The zero-order chi connectivity index (χ0) is 12.4. The van der Waals surface area contributed by atoms with E-state index in [2.05, 4.69) is 34.6 Å². The van der Waals surface area contributed by atoms with Crippen LogP contribution in [0.3, 0.4) is 0 Å². The van der Waals surface area contributed by atoms with E-state index >= 15 is 0 Å². The minimum Gasteiger partial charge on any atom is -0.325 e. The number of hydrogen-bond acceptors (Lipinski definition) is 1. The van der Waals surface area contributed by atoms with Crippen LogP contribution in [0.1, 0.15) is 73.1 Å². The maximum atomic E-state index is 6.62. The molecule has 1 aliphatic carbocycles. The van der Waals surface area contributed by atoms with Gasteiger partial charge in [-0.1, -0.05) is 47.5 Å². The van der Waals surface area contributed by atoms with Gasteiger partial charge in [0.2, 0.25) is 0 Å². The van der Waals surface area contributed by atoms with Crippen molar-refractivity contribution in [3.63, 3.8) is 0 Å². The second kappa shape index (κ2) is 5.08. The molecule has 0 aromatic carbocycles. The van der Waals surface area contributed by atoms with Crippen LogP contribution in [-0.2, 0) is 0 Å². The second-order valence-corrected chi connectivity index (χ2v) is 7.04. The Hall–Kier alpha value is -0.0400. The third-order valence-electron chi connectivity index (χ3n) is 4.97. The summed E-state index contributed by atoms with van der Waals surface area (Å²) in [5.41, 5.74) is 7.20. The molecule has 0 bridgehead atoms. The summed E-state index contributed by atoms with van der Waals surface area (Å²) in [5.74, 6) is 1.54. The van der Waals surface area contributed by atoms with Crippen molar-refractivity contribution in [1.82, 2.24) is 0 Å². The van der Waals surface area contributed by atoms with Crippen molar-refractivity contribution in [2.75, 3.05) is 0 Å². The molecule has 0 amide bonds. The lowest BCUT2D eigenvalue weighted by Crippen LogP contribution is -2.45. The lowest BCUT2D eigenvalue weighted by Gasteiger charge is -2.35. The standard InChI is InChI=1S/C15H31N/c1-6-12(2)15(16)10-7-8-13(9-11-15)14(3,4)5/h12-13H,6-11,16H2,1-5H3. The molecule has 0 spiro atoms. The zero-order valence-electron chi connectivity index (χ0n) is 12.0. The van der Waals surface area contributed by atoms with Gasteiger partial charge in [0.1, 0.15) is 0 Å². The molecular formula is C15H31N. The molecule has 2 N–H and O–H groups in total. The van der Waals surface area contributed by atoms with Crippen molar-refractivity contribution in [2.24, 2.45) is 23.0 Å². The summed E-state index contributed by atoms with van der Waals surface area (Å²) in [6, 6.07) is 0.